The highest BCUT2D eigenvalue weighted by Crippen LogP contribution is 2.45. The minimum atomic E-state index is -0.0576. The van der Waals surface area contributed by atoms with Crippen molar-refractivity contribution in [1.82, 2.24) is 9.88 Å². The maximum atomic E-state index is 12.2. The Labute approximate surface area is 143 Å². The Kier molecular flexibility index (Phi) is 3.87. The first-order valence-electron chi connectivity index (χ1n) is 9.06. The molecule has 4 nitrogen and oxygen atoms in total. The number of methoxy groups -OCH3 is 1. The Hall–Kier alpha value is -1.81. The molecule has 1 N–H and O–H groups in total. The molecule has 1 aliphatic heterocycles. The van der Waals surface area contributed by atoms with Crippen LogP contribution in [-0.2, 0) is 16.0 Å². The van der Waals surface area contributed by atoms with Gasteiger partial charge in [0.2, 0.25) is 0 Å². The number of piperidine rings is 1. The van der Waals surface area contributed by atoms with E-state index in [0.29, 0.717) is 12.0 Å². The molecule has 4 heteroatoms. The molecule has 2 heterocycles. The van der Waals surface area contributed by atoms with E-state index in [1.165, 1.54) is 34.8 Å². The van der Waals surface area contributed by atoms with E-state index in [1.807, 2.05) is 0 Å². The van der Waals surface area contributed by atoms with Gasteiger partial charge < -0.3 is 9.72 Å². The fraction of sp³-hybridized carbons (Fsp3) is 0.550. The Balaban J connectivity index is 1.80. The Morgan fingerprint density at radius 2 is 2.25 bits per heavy atom. The fourth-order valence-electron chi connectivity index (χ4n) is 4.95. The van der Waals surface area contributed by atoms with Gasteiger partial charge in [-0.15, -0.1) is 0 Å². The molecule has 0 radical (unpaired) electrons. The predicted molar refractivity (Wildman–Crippen MR) is 95.3 cm³/mol. The maximum Gasteiger partial charge on any atom is 0.309 e. The second kappa shape index (κ2) is 5.92. The molecule has 24 heavy (non-hydrogen) atoms. The van der Waals surface area contributed by atoms with Crippen LogP contribution in [0, 0.1) is 12.8 Å². The normalized spacial score (nSPS) is 26.4. The summed E-state index contributed by atoms with van der Waals surface area (Å²) in [6.45, 7) is 6.27. The summed E-state index contributed by atoms with van der Waals surface area (Å²) < 4.78 is 5.07. The lowest BCUT2D eigenvalue weighted by Crippen LogP contribution is -2.51. The van der Waals surface area contributed by atoms with Crippen LogP contribution in [0.4, 0.5) is 0 Å². The van der Waals surface area contributed by atoms with Crippen LogP contribution >= 0.6 is 0 Å². The molecule has 1 saturated heterocycles. The number of benzene rings is 1. The average molecular weight is 326 g/mol. The van der Waals surface area contributed by atoms with Gasteiger partial charge in [0, 0.05) is 35.1 Å². The van der Waals surface area contributed by atoms with Crippen LogP contribution in [-0.4, -0.2) is 42.1 Å². The number of nitrogens with zero attached hydrogens (tertiary/aromatic N) is 1. The van der Waals surface area contributed by atoms with E-state index < -0.39 is 0 Å². The molecule has 1 aromatic heterocycles. The number of hydrogen-bond acceptors (Lipinski definition) is 3. The van der Waals surface area contributed by atoms with E-state index >= 15 is 0 Å². The van der Waals surface area contributed by atoms with Crippen LogP contribution in [0.1, 0.15) is 42.5 Å². The van der Waals surface area contributed by atoms with Gasteiger partial charge in [0.05, 0.1) is 13.0 Å². The van der Waals surface area contributed by atoms with E-state index in [0.717, 1.165) is 32.4 Å². The number of aromatic nitrogens is 1. The van der Waals surface area contributed by atoms with Crippen molar-refractivity contribution in [2.24, 2.45) is 5.92 Å². The van der Waals surface area contributed by atoms with Crippen LogP contribution in [0.25, 0.3) is 10.9 Å². The van der Waals surface area contributed by atoms with Crippen LogP contribution < -0.4 is 0 Å². The average Bonchev–Trinajstić information content (AvgIpc) is 2.92. The van der Waals surface area contributed by atoms with Crippen LogP contribution in [0.5, 0.6) is 0 Å². The third kappa shape index (κ3) is 2.27. The molecular weight excluding hydrogens is 300 g/mol. The molecule has 128 valence electrons. The third-order valence-electron chi connectivity index (χ3n) is 5.96. The van der Waals surface area contributed by atoms with Crippen molar-refractivity contribution in [2.75, 3.05) is 20.2 Å². The largest absolute Gasteiger partial charge is 0.469 e. The Morgan fingerprint density at radius 1 is 1.42 bits per heavy atom. The smallest absolute Gasteiger partial charge is 0.309 e. The van der Waals surface area contributed by atoms with Crippen molar-refractivity contribution >= 4 is 16.9 Å². The number of ether oxygens (including phenoxy) is 1. The first-order chi connectivity index (χ1) is 11.6. The molecular formula is C20H26N2O2. The summed E-state index contributed by atoms with van der Waals surface area (Å²) in [5.41, 5.74) is 5.42. The van der Waals surface area contributed by atoms with E-state index in [-0.39, 0.29) is 11.9 Å². The van der Waals surface area contributed by atoms with Gasteiger partial charge in [0.25, 0.3) is 0 Å². The zero-order chi connectivity index (χ0) is 16.8. The number of esters is 1. The fourth-order valence-corrected chi connectivity index (χ4v) is 4.95. The number of carbonyl (C=O) groups excluding carboxylic acids is 1. The molecule has 0 bridgehead atoms. The van der Waals surface area contributed by atoms with Gasteiger partial charge in [-0.2, -0.15) is 0 Å². The van der Waals surface area contributed by atoms with Gasteiger partial charge in [0.15, 0.2) is 0 Å². The molecule has 2 aromatic rings. The number of likely N-dealkylation sites (tertiary alicyclic amines) is 1. The van der Waals surface area contributed by atoms with Crippen molar-refractivity contribution in [3.8, 4) is 0 Å². The van der Waals surface area contributed by atoms with Gasteiger partial charge in [-0.3, -0.25) is 9.69 Å². The van der Waals surface area contributed by atoms with Crippen molar-refractivity contribution in [1.29, 1.82) is 0 Å². The lowest BCUT2D eigenvalue weighted by atomic mass is 9.72. The summed E-state index contributed by atoms with van der Waals surface area (Å²) in [7, 11) is 1.51. The highest BCUT2D eigenvalue weighted by Gasteiger charge is 2.43. The second-order valence-corrected chi connectivity index (χ2v) is 7.33. The zero-order valence-corrected chi connectivity index (χ0v) is 14.8. The third-order valence-corrected chi connectivity index (χ3v) is 5.96. The number of hydrogen-bond donors (Lipinski definition) is 1. The number of nitrogens with one attached hydrogen (secondary N) is 1. The number of H-pyrrole nitrogens is 1. The van der Waals surface area contributed by atoms with E-state index in [2.05, 4.69) is 41.9 Å². The highest BCUT2D eigenvalue weighted by atomic mass is 16.5. The van der Waals surface area contributed by atoms with Gasteiger partial charge in [0.1, 0.15) is 0 Å². The quantitative estimate of drug-likeness (QED) is 0.880. The van der Waals surface area contributed by atoms with Crippen LogP contribution in [0.2, 0.25) is 0 Å². The molecule has 0 amide bonds. The molecule has 1 unspecified atom stereocenters. The van der Waals surface area contributed by atoms with Crippen molar-refractivity contribution in [2.45, 2.75) is 45.1 Å². The second-order valence-electron chi connectivity index (χ2n) is 7.33. The van der Waals surface area contributed by atoms with E-state index in [4.69, 9.17) is 4.74 Å². The number of aromatic amines is 1. The number of aryl methyl sites for hydroxylation is 1. The predicted octanol–water partition coefficient (Wildman–Crippen LogP) is 3.39. The maximum absolute atomic E-state index is 12.2. The Bertz CT molecular complexity index is 779. The first-order valence-corrected chi connectivity index (χ1v) is 9.06. The minimum Gasteiger partial charge on any atom is -0.469 e. The molecule has 1 aliphatic carbocycles. The molecule has 4 rings (SSSR count). The summed E-state index contributed by atoms with van der Waals surface area (Å²) in [6, 6.07) is 7.07. The van der Waals surface area contributed by atoms with Crippen molar-refractivity contribution in [3.63, 3.8) is 0 Å². The van der Waals surface area contributed by atoms with Gasteiger partial charge in [-0.1, -0.05) is 19.1 Å². The van der Waals surface area contributed by atoms with Crippen LogP contribution in [0.15, 0.2) is 18.2 Å². The Morgan fingerprint density at radius 3 is 3.00 bits per heavy atom. The monoisotopic (exact) mass is 326 g/mol. The van der Waals surface area contributed by atoms with Crippen molar-refractivity contribution in [3.05, 3.63) is 35.0 Å². The van der Waals surface area contributed by atoms with Gasteiger partial charge >= 0.3 is 5.97 Å². The lowest BCUT2D eigenvalue weighted by molar-refractivity contribution is -0.148. The van der Waals surface area contributed by atoms with Gasteiger partial charge in [-0.05, 0) is 49.9 Å². The number of carbonyl (C=O) groups is 1. The number of rotatable bonds is 3. The highest BCUT2D eigenvalue weighted by molar-refractivity contribution is 5.89. The SMILES string of the molecule is CCCN1C[C@@H](C(=O)OC)CC2c3cccc4[nH]c(C)c(c34)C[C@H]21. The summed E-state index contributed by atoms with van der Waals surface area (Å²) >= 11 is 0. The lowest BCUT2D eigenvalue weighted by Gasteiger charge is -2.46. The van der Waals surface area contributed by atoms with Crippen LogP contribution in [0.3, 0.4) is 0 Å². The summed E-state index contributed by atoms with van der Waals surface area (Å²) in [5, 5.41) is 1.40. The van der Waals surface area contributed by atoms with Gasteiger partial charge in [-0.25, -0.2) is 0 Å². The molecule has 2 aliphatic rings. The summed E-state index contributed by atoms with van der Waals surface area (Å²) in [5.74, 6) is 0.346. The molecule has 1 fully saturated rings. The molecule has 0 spiro atoms. The number of fused-ring (bicyclic) bond motifs is 2. The molecule has 1 aromatic carbocycles. The minimum absolute atomic E-state index is 0.0142. The zero-order valence-electron chi connectivity index (χ0n) is 14.8. The van der Waals surface area contributed by atoms with E-state index in [9.17, 15) is 4.79 Å². The topological polar surface area (TPSA) is 45.3 Å². The molecule has 3 atom stereocenters. The first kappa shape index (κ1) is 15.7. The van der Waals surface area contributed by atoms with E-state index in [1.54, 1.807) is 0 Å². The summed E-state index contributed by atoms with van der Waals surface area (Å²) in [6.07, 6.45) is 3.10. The summed E-state index contributed by atoms with van der Waals surface area (Å²) in [4.78, 5) is 18.3. The molecule has 0 saturated carbocycles. The standard InChI is InChI=1S/C20H26N2O2/c1-4-8-22-11-13(20(23)24-3)9-16-14-6-5-7-17-19(14)15(10-18(16)22)12(2)21-17/h5-7,13,16,18,21H,4,8-11H2,1-3H3/t13-,16?,18+/m0/s1. The van der Waals surface area contributed by atoms with Crippen molar-refractivity contribution < 1.29 is 9.53 Å².